The molecule has 1 saturated carbocycles. The van der Waals surface area contributed by atoms with Gasteiger partial charge in [-0.05, 0) is 25.0 Å². The molecule has 1 aromatic rings. The molecule has 21 heavy (non-hydrogen) atoms. The summed E-state index contributed by atoms with van der Waals surface area (Å²) in [6.45, 7) is 0. The van der Waals surface area contributed by atoms with E-state index in [0.717, 1.165) is 12.8 Å². The van der Waals surface area contributed by atoms with Crippen LogP contribution in [0.3, 0.4) is 0 Å². The average Bonchev–Trinajstić information content (AvgIpc) is 2.47. The molecule has 0 saturated heterocycles. The highest BCUT2D eigenvalue weighted by Crippen LogP contribution is 2.25. The van der Waals surface area contributed by atoms with Gasteiger partial charge in [-0.25, -0.2) is 9.18 Å². The number of amides is 2. The van der Waals surface area contributed by atoms with Crippen molar-refractivity contribution < 1.29 is 19.1 Å². The Morgan fingerprint density at radius 2 is 1.95 bits per heavy atom. The highest BCUT2D eigenvalue weighted by molar-refractivity contribution is 5.92. The van der Waals surface area contributed by atoms with Crippen molar-refractivity contribution in [3.63, 3.8) is 0 Å². The monoisotopic (exact) mass is 294 g/mol. The Morgan fingerprint density at radius 1 is 1.29 bits per heavy atom. The largest absolute Gasteiger partial charge is 0.481 e. The van der Waals surface area contributed by atoms with Gasteiger partial charge >= 0.3 is 12.0 Å². The zero-order valence-electron chi connectivity index (χ0n) is 11.9. The molecule has 1 fully saturated rings. The number of hydrogen-bond donors (Lipinski definition) is 2. The lowest BCUT2D eigenvalue weighted by atomic mass is 9.84. The van der Waals surface area contributed by atoms with Crippen LogP contribution in [0.15, 0.2) is 24.3 Å². The maximum Gasteiger partial charge on any atom is 0.321 e. The van der Waals surface area contributed by atoms with Gasteiger partial charge in [0.2, 0.25) is 0 Å². The standard InChI is InChI=1S/C15H19FN2O3/c1-18(13-9-5-3-7-11(13)16)15(21)17-12-8-4-2-6-10(12)14(19)20/h3,5,7,9-10,12H,2,4,6,8H2,1H3,(H,17,21)(H,19,20). The van der Waals surface area contributed by atoms with Gasteiger partial charge in [-0.2, -0.15) is 0 Å². The third kappa shape index (κ3) is 3.51. The number of carbonyl (C=O) groups is 2. The first-order valence-corrected chi connectivity index (χ1v) is 7.02. The summed E-state index contributed by atoms with van der Waals surface area (Å²) < 4.78 is 13.7. The van der Waals surface area contributed by atoms with Crippen molar-refractivity contribution >= 4 is 17.7 Å². The Kier molecular flexibility index (Phi) is 4.77. The van der Waals surface area contributed by atoms with Crippen LogP contribution in [-0.4, -0.2) is 30.2 Å². The lowest BCUT2D eigenvalue weighted by molar-refractivity contribution is -0.143. The topological polar surface area (TPSA) is 69.6 Å². The summed E-state index contributed by atoms with van der Waals surface area (Å²) in [6, 6.07) is 5.08. The summed E-state index contributed by atoms with van der Waals surface area (Å²) in [5, 5.41) is 11.9. The highest BCUT2D eigenvalue weighted by atomic mass is 19.1. The van der Waals surface area contributed by atoms with Gasteiger partial charge in [0, 0.05) is 13.1 Å². The molecule has 0 spiro atoms. The summed E-state index contributed by atoms with van der Waals surface area (Å²) >= 11 is 0. The van der Waals surface area contributed by atoms with Crippen molar-refractivity contribution in [1.82, 2.24) is 5.32 Å². The molecule has 2 unspecified atom stereocenters. The van der Waals surface area contributed by atoms with E-state index in [1.165, 1.54) is 24.1 Å². The summed E-state index contributed by atoms with van der Waals surface area (Å²) in [4.78, 5) is 24.6. The molecular formula is C15H19FN2O3. The summed E-state index contributed by atoms with van der Waals surface area (Å²) in [6.07, 6.45) is 2.93. The zero-order valence-corrected chi connectivity index (χ0v) is 11.9. The van der Waals surface area contributed by atoms with E-state index in [-0.39, 0.29) is 5.69 Å². The van der Waals surface area contributed by atoms with Gasteiger partial charge in [-0.1, -0.05) is 25.0 Å². The third-order valence-electron chi connectivity index (χ3n) is 3.91. The number of hydrogen-bond acceptors (Lipinski definition) is 2. The van der Waals surface area contributed by atoms with Gasteiger partial charge in [-0.15, -0.1) is 0 Å². The number of anilines is 1. The normalized spacial score (nSPS) is 21.6. The van der Waals surface area contributed by atoms with Crippen molar-refractivity contribution in [2.45, 2.75) is 31.7 Å². The molecule has 0 heterocycles. The maximum absolute atomic E-state index is 13.7. The second-order valence-corrected chi connectivity index (χ2v) is 5.30. The van der Waals surface area contributed by atoms with E-state index in [1.54, 1.807) is 12.1 Å². The van der Waals surface area contributed by atoms with Crippen molar-refractivity contribution in [3.05, 3.63) is 30.1 Å². The van der Waals surface area contributed by atoms with Crippen LogP contribution in [0.2, 0.25) is 0 Å². The van der Waals surface area contributed by atoms with Crippen LogP contribution in [0, 0.1) is 11.7 Å². The first-order valence-electron chi connectivity index (χ1n) is 7.02. The molecule has 0 bridgehead atoms. The minimum atomic E-state index is -0.895. The molecule has 2 N–H and O–H groups in total. The van der Waals surface area contributed by atoms with Crippen molar-refractivity contribution in [3.8, 4) is 0 Å². The minimum Gasteiger partial charge on any atom is -0.481 e. The quantitative estimate of drug-likeness (QED) is 0.900. The van der Waals surface area contributed by atoms with Crippen molar-refractivity contribution in [2.75, 3.05) is 11.9 Å². The van der Waals surface area contributed by atoms with Crippen LogP contribution in [0.4, 0.5) is 14.9 Å². The second kappa shape index (κ2) is 6.56. The SMILES string of the molecule is CN(C(=O)NC1CCCCC1C(=O)O)c1ccccc1F. The first-order chi connectivity index (χ1) is 10.0. The van der Waals surface area contributed by atoms with E-state index >= 15 is 0 Å². The van der Waals surface area contributed by atoms with E-state index in [2.05, 4.69) is 5.32 Å². The van der Waals surface area contributed by atoms with E-state index in [1.807, 2.05) is 0 Å². The molecule has 2 atom stereocenters. The van der Waals surface area contributed by atoms with Crippen molar-refractivity contribution in [1.29, 1.82) is 0 Å². The molecule has 6 heteroatoms. The molecule has 0 aromatic heterocycles. The fraction of sp³-hybridized carbons (Fsp3) is 0.467. The fourth-order valence-electron chi connectivity index (χ4n) is 2.69. The Morgan fingerprint density at radius 3 is 2.62 bits per heavy atom. The molecule has 0 radical (unpaired) electrons. The molecule has 2 rings (SSSR count). The number of carboxylic acids is 1. The first kappa shape index (κ1) is 15.3. The minimum absolute atomic E-state index is 0.165. The second-order valence-electron chi connectivity index (χ2n) is 5.30. The van der Waals surface area contributed by atoms with Gasteiger partial charge in [0.05, 0.1) is 11.6 Å². The van der Waals surface area contributed by atoms with Gasteiger partial charge in [0.1, 0.15) is 5.82 Å². The number of halogens is 1. The number of para-hydroxylation sites is 1. The number of aliphatic carboxylic acids is 1. The Bertz CT molecular complexity index is 535. The van der Waals surface area contributed by atoms with E-state index < -0.39 is 29.8 Å². The molecule has 2 amide bonds. The Labute approximate surface area is 122 Å². The molecule has 1 aliphatic rings. The average molecular weight is 294 g/mol. The number of rotatable bonds is 3. The Balaban J connectivity index is 2.06. The predicted molar refractivity (Wildman–Crippen MR) is 76.7 cm³/mol. The van der Waals surface area contributed by atoms with Crippen LogP contribution >= 0.6 is 0 Å². The number of benzene rings is 1. The molecule has 1 aliphatic carbocycles. The number of carbonyl (C=O) groups excluding carboxylic acids is 1. The van der Waals surface area contributed by atoms with Gasteiger partial charge < -0.3 is 10.4 Å². The van der Waals surface area contributed by atoms with Crippen LogP contribution in [0.1, 0.15) is 25.7 Å². The molecule has 0 aliphatic heterocycles. The summed E-state index contributed by atoms with van der Waals surface area (Å²) in [5.74, 6) is -1.96. The van der Waals surface area contributed by atoms with Gasteiger partial charge in [0.15, 0.2) is 0 Å². The number of carboxylic acid groups (broad SMARTS) is 1. The zero-order chi connectivity index (χ0) is 15.4. The van der Waals surface area contributed by atoms with Crippen LogP contribution in [0.5, 0.6) is 0 Å². The van der Waals surface area contributed by atoms with Gasteiger partial charge in [-0.3, -0.25) is 9.69 Å². The van der Waals surface area contributed by atoms with E-state index in [0.29, 0.717) is 12.8 Å². The predicted octanol–water partition coefficient (Wildman–Crippen LogP) is 2.61. The van der Waals surface area contributed by atoms with E-state index in [9.17, 15) is 19.1 Å². The molecular weight excluding hydrogens is 275 g/mol. The van der Waals surface area contributed by atoms with E-state index in [4.69, 9.17) is 0 Å². The van der Waals surface area contributed by atoms with Crippen LogP contribution < -0.4 is 10.2 Å². The van der Waals surface area contributed by atoms with Crippen molar-refractivity contribution in [2.24, 2.45) is 5.92 Å². The smallest absolute Gasteiger partial charge is 0.321 e. The Hall–Kier alpha value is -2.11. The lowest BCUT2D eigenvalue weighted by Crippen LogP contribution is -2.49. The summed E-state index contributed by atoms with van der Waals surface area (Å²) in [5.41, 5.74) is 0.165. The number of nitrogens with one attached hydrogen (secondary N) is 1. The van der Waals surface area contributed by atoms with Crippen LogP contribution in [-0.2, 0) is 4.79 Å². The van der Waals surface area contributed by atoms with Crippen LogP contribution in [0.25, 0.3) is 0 Å². The third-order valence-corrected chi connectivity index (χ3v) is 3.91. The van der Waals surface area contributed by atoms with Gasteiger partial charge in [0.25, 0.3) is 0 Å². The summed E-state index contributed by atoms with van der Waals surface area (Å²) in [7, 11) is 1.46. The fourth-order valence-corrected chi connectivity index (χ4v) is 2.69. The number of urea groups is 1. The highest BCUT2D eigenvalue weighted by Gasteiger charge is 2.32. The lowest BCUT2D eigenvalue weighted by Gasteiger charge is -2.31. The number of nitrogens with zero attached hydrogens (tertiary/aromatic N) is 1. The molecule has 1 aromatic carbocycles. The molecule has 114 valence electrons. The maximum atomic E-state index is 13.7. The molecule has 5 nitrogen and oxygen atoms in total.